The van der Waals surface area contributed by atoms with Crippen molar-refractivity contribution in [3.63, 3.8) is 0 Å². The van der Waals surface area contributed by atoms with Gasteiger partial charge >= 0.3 is 0 Å². The molecule has 2 aromatic rings. The number of thioether (sulfide) groups is 1. The van der Waals surface area contributed by atoms with E-state index in [-0.39, 0.29) is 11.3 Å². The van der Waals surface area contributed by atoms with Crippen LogP contribution in [0.3, 0.4) is 0 Å². The van der Waals surface area contributed by atoms with Gasteiger partial charge in [-0.3, -0.25) is 4.79 Å². The van der Waals surface area contributed by atoms with Crippen LogP contribution in [0.15, 0.2) is 41.3 Å². The summed E-state index contributed by atoms with van der Waals surface area (Å²) in [5.74, 6) is 0.758. The molecule has 1 aromatic carbocycles. The van der Waals surface area contributed by atoms with Crippen LogP contribution in [0.1, 0.15) is 12.0 Å². The monoisotopic (exact) mass is 367 g/mol. The summed E-state index contributed by atoms with van der Waals surface area (Å²) in [6.45, 7) is 0.433. The van der Waals surface area contributed by atoms with Crippen LogP contribution in [0.25, 0.3) is 11.1 Å². The largest absolute Gasteiger partial charge is 0.272 e. The standard InChI is InChI=1S/C16H21N3O3S2/c1-23-11-12-24(21,22)18-9-2-3-13-4-6-14(7-5-13)15-8-10-17-19-16(15)20/h4-8,10,18H,2-3,9,11-12H2,1H3,(H,19,20). The zero-order valence-electron chi connectivity index (χ0n) is 13.5. The molecule has 2 rings (SSSR count). The van der Waals surface area contributed by atoms with E-state index in [1.807, 2.05) is 30.5 Å². The Hall–Kier alpha value is -1.64. The van der Waals surface area contributed by atoms with Gasteiger partial charge in [-0.15, -0.1) is 0 Å². The van der Waals surface area contributed by atoms with Gasteiger partial charge in [-0.2, -0.15) is 16.9 Å². The molecular formula is C16H21N3O3S2. The van der Waals surface area contributed by atoms with Gasteiger partial charge in [-0.05, 0) is 36.3 Å². The van der Waals surface area contributed by atoms with Crippen molar-refractivity contribution < 1.29 is 8.42 Å². The van der Waals surface area contributed by atoms with Gasteiger partial charge in [0, 0.05) is 24.1 Å². The van der Waals surface area contributed by atoms with Crippen LogP contribution in [0, 0.1) is 0 Å². The molecule has 0 radical (unpaired) electrons. The number of benzene rings is 1. The maximum absolute atomic E-state index is 11.7. The molecule has 0 spiro atoms. The molecular weight excluding hydrogens is 346 g/mol. The van der Waals surface area contributed by atoms with Crippen LogP contribution in [0.2, 0.25) is 0 Å². The van der Waals surface area contributed by atoms with Crippen LogP contribution >= 0.6 is 11.8 Å². The first-order valence-corrected chi connectivity index (χ1v) is 10.7. The van der Waals surface area contributed by atoms with Gasteiger partial charge in [0.25, 0.3) is 5.56 Å². The lowest BCUT2D eigenvalue weighted by molar-refractivity contribution is 0.580. The lowest BCUT2D eigenvalue weighted by Crippen LogP contribution is -2.28. The van der Waals surface area contributed by atoms with E-state index in [0.29, 0.717) is 17.9 Å². The molecule has 130 valence electrons. The summed E-state index contributed by atoms with van der Waals surface area (Å²) in [6, 6.07) is 9.37. The second kappa shape index (κ2) is 9.00. The summed E-state index contributed by atoms with van der Waals surface area (Å²) >= 11 is 1.52. The number of sulfonamides is 1. The number of rotatable bonds is 9. The van der Waals surface area contributed by atoms with Crippen molar-refractivity contribution in [2.24, 2.45) is 0 Å². The molecule has 0 aliphatic heterocycles. The molecule has 1 aromatic heterocycles. The minimum atomic E-state index is -3.16. The fourth-order valence-corrected chi connectivity index (χ4v) is 4.35. The van der Waals surface area contributed by atoms with Crippen molar-refractivity contribution in [2.45, 2.75) is 12.8 Å². The van der Waals surface area contributed by atoms with E-state index in [1.165, 1.54) is 11.8 Å². The molecule has 2 N–H and O–H groups in total. The Kier molecular flexibility index (Phi) is 7.01. The highest BCUT2D eigenvalue weighted by molar-refractivity contribution is 7.99. The first kappa shape index (κ1) is 18.7. The summed E-state index contributed by atoms with van der Waals surface area (Å²) in [6.07, 6.45) is 4.94. The SMILES string of the molecule is CSCCS(=O)(=O)NCCCc1ccc(-c2ccn[nH]c2=O)cc1. The summed E-state index contributed by atoms with van der Waals surface area (Å²) in [5.41, 5.74) is 2.30. The molecule has 0 unspecified atom stereocenters. The van der Waals surface area contributed by atoms with Gasteiger partial charge in [-0.25, -0.2) is 18.2 Å². The third kappa shape index (κ3) is 5.77. The van der Waals surface area contributed by atoms with Crippen LogP contribution in [0.5, 0.6) is 0 Å². The second-order valence-electron chi connectivity index (χ2n) is 5.31. The first-order valence-electron chi connectivity index (χ1n) is 7.61. The Bertz CT molecular complexity index is 802. The lowest BCUT2D eigenvalue weighted by atomic mass is 10.0. The molecule has 8 heteroatoms. The summed E-state index contributed by atoms with van der Waals surface area (Å²) in [4.78, 5) is 11.7. The number of hydrogen-bond donors (Lipinski definition) is 2. The number of H-pyrrole nitrogens is 1. The van der Waals surface area contributed by atoms with Crippen molar-refractivity contribution in [1.82, 2.24) is 14.9 Å². The van der Waals surface area contributed by atoms with Crippen molar-refractivity contribution in [1.29, 1.82) is 0 Å². The highest BCUT2D eigenvalue weighted by Gasteiger charge is 2.08. The van der Waals surface area contributed by atoms with E-state index in [4.69, 9.17) is 0 Å². The topological polar surface area (TPSA) is 91.9 Å². The summed E-state index contributed by atoms with van der Waals surface area (Å²) in [5, 5.41) is 6.09. The van der Waals surface area contributed by atoms with E-state index in [1.54, 1.807) is 12.3 Å². The second-order valence-corrected chi connectivity index (χ2v) is 8.22. The van der Waals surface area contributed by atoms with Crippen LogP contribution in [0.4, 0.5) is 0 Å². The van der Waals surface area contributed by atoms with Crippen molar-refractivity contribution in [2.75, 3.05) is 24.3 Å². The summed E-state index contributed by atoms with van der Waals surface area (Å²) < 4.78 is 26.0. The maximum atomic E-state index is 11.7. The Morgan fingerprint density at radius 3 is 2.62 bits per heavy atom. The van der Waals surface area contributed by atoms with Crippen molar-refractivity contribution in [3.05, 3.63) is 52.4 Å². The lowest BCUT2D eigenvalue weighted by Gasteiger charge is -2.07. The zero-order chi connectivity index (χ0) is 17.4. The molecule has 0 saturated carbocycles. The first-order chi connectivity index (χ1) is 11.5. The Balaban J connectivity index is 1.85. The number of hydrogen-bond acceptors (Lipinski definition) is 5. The number of nitrogens with zero attached hydrogens (tertiary/aromatic N) is 1. The van der Waals surface area contributed by atoms with E-state index >= 15 is 0 Å². The Morgan fingerprint density at radius 1 is 1.21 bits per heavy atom. The molecule has 0 atom stereocenters. The van der Waals surface area contributed by atoms with E-state index in [2.05, 4.69) is 14.9 Å². The van der Waals surface area contributed by atoms with Gasteiger partial charge in [-0.1, -0.05) is 24.3 Å². The predicted molar refractivity (Wildman–Crippen MR) is 98.8 cm³/mol. The van der Waals surface area contributed by atoms with Crippen LogP contribution < -0.4 is 10.3 Å². The normalized spacial score (nSPS) is 11.5. The third-order valence-corrected chi connectivity index (χ3v) is 5.77. The molecule has 0 bridgehead atoms. The minimum Gasteiger partial charge on any atom is -0.267 e. The molecule has 0 aliphatic carbocycles. The van der Waals surface area contributed by atoms with Gasteiger partial charge < -0.3 is 0 Å². The number of aromatic nitrogens is 2. The highest BCUT2D eigenvalue weighted by atomic mass is 32.2. The van der Waals surface area contributed by atoms with Crippen LogP contribution in [-0.4, -0.2) is 42.9 Å². The molecule has 0 saturated heterocycles. The minimum absolute atomic E-state index is 0.156. The smallest absolute Gasteiger partial charge is 0.267 e. The Labute approximate surface area is 146 Å². The average Bonchev–Trinajstić information content (AvgIpc) is 2.58. The van der Waals surface area contributed by atoms with Crippen LogP contribution in [-0.2, 0) is 16.4 Å². The van der Waals surface area contributed by atoms with Gasteiger partial charge in [0.1, 0.15) is 0 Å². The number of nitrogens with one attached hydrogen (secondary N) is 2. The zero-order valence-corrected chi connectivity index (χ0v) is 15.1. The molecule has 6 nitrogen and oxygen atoms in total. The fraction of sp³-hybridized carbons (Fsp3) is 0.375. The average molecular weight is 367 g/mol. The summed E-state index contributed by atoms with van der Waals surface area (Å²) in [7, 11) is -3.16. The molecule has 24 heavy (non-hydrogen) atoms. The van der Waals surface area contributed by atoms with Gasteiger partial charge in [0.2, 0.25) is 10.0 Å². The number of aryl methyl sites for hydroxylation is 1. The quantitative estimate of drug-likeness (QED) is 0.658. The maximum Gasteiger partial charge on any atom is 0.272 e. The van der Waals surface area contributed by atoms with Gasteiger partial charge in [0.15, 0.2) is 0 Å². The molecule has 0 fully saturated rings. The highest BCUT2D eigenvalue weighted by Crippen LogP contribution is 2.15. The van der Waals surface area contributed by atoms with Crippen molar-refractivity contribution in [3.8, 4) is 11.1 Å². The predicted octanol–water partition coefficient (Wildman–Crippen LogP) is 1.65. The Morgan fingerprint density at radius 2 is 1.96 bits per heavy atom. The van der Waals surface area contributed by atoms with Crippen molar-refractivity contribution >= 4 is 21.8 Å². The molecule has 0 amide bonds. The van der Waals surface area contributed by atoms with E-state index < -0.39 is 10.0 Å². The van der Waals surface area contributed by atoms with E-state index in [0.717, 1.165) is 24.0 Å². The molecule has 0 aliphatic rings. The van der Waals surface area contributed by atoms with E-state index in [9.17, 15) is 13.2 Å². The fourth-order valence-electron chi connectivity index (χ4n) is 2.21. The number of aromatic amines is 1. The third-order valence-electron chi connectivity index (χ3n) is 3.51. The van der Waals surface area contributed by atoms with Gasteiger partial charge in [0.05, 0.1) is 5.75 Å². The molecule has 1 heterocycles.